The van der Waals surface area contributed by atoms with E-state index in [-0.39, 0.29) is 24.0 Å². The highest BCUT2D eigenvalue weighted by atomic mass is 16.5. The van der Waals surface area contributed by atoms with Gasteiger partial charge in [-0.2, -0.15) is 14.8 Å². The molecule has 0 aliphatic rings. The van der Waals surface area contributed by atoms with Gasteiger partial charge >= 0.3 is 17.5 Å². The smallest absolute Gasteiger partial charge is 0.351 e. The number of hydrogen-bond donors (Lipinski definition) is 1. The van der Waals surface area contributed by atoms with Crippen LogP contribution in [0.1, 0.15) is 21.8 Å². The molecule has 0 saturated heterocycles. The molecule has 0 saturated carbocycles. The van der Waals surface area contributed by atoms with Crippen LogP contribution in [0, 0.1) is 6.92 Å². The van der Waals surface area contributed by atoms with Gasteiger partial charge in [-0.05, 0) is 36.8 Å². The second-order valence-electron chi connectivity index (χ2n) is 7.20. The molecule has 4 aromatic rings. The van der Waals surface area contributed by atoms with E-state index in [0.29, 0.717) is 11.4 Å². The topological polar surface area (TPSA) is 134 Å². The summed E-state index contributed by atoms with van der Waals surface area (Å²) in [5.41, 5.74) is 0.729. The lowest BCUT2D eigenvalue weighted by molar-refractivity contribution is 0.0907. The number of carbonyl (C=O) groups excluding carboxylic acids is 1. The molecule has 1 N–H and O–H groups in total. The Morgan fingerprint density at radius 2 is 1.79 bits per heavy atom. The fourth-order valence-corrected chi connectivity index (χ4v) is 2.98. The lowest BCUT2D eigenvalue weighted by Gasteiger charge is -2.08. The number of benzene rings is 2. The van der Waals surface area contributed by atoms with E-state index in [1.165, 1.54) is 7.05 Å². The predicted molar refractivity (Wildman–Crippen MR) is 117 cm³/mol. The molecule has 1 amide bonds. The van der Waals surface area contributed by atoms with Gasteiger partial charge in [-0.3, -0.25) is 14.2 Å². The van der Waals surface area contributed by atoms with Gasteiger partial charge in [0, 0.05) is 13.6 Å². The Hall–Kier alpha value is -4.54. The maximum atomic E-state index is 12.6. The number of nitrogens with one attached hydrogen (secondary N) is 1. The number of ether oxygens (including phenoxy) is 1. The molecule has 0 radical (unpaired) electrons. The molecule has 0 unspecified atom stereocenters. The van der Waals surface area contributed by atoms with Gasteiger partial charge in [0.25, 0.3) is 5.56 Å². The summed E-state index contributed by atoms with van der Waals surface area (Å²) >= 11 is 0. The number of nitrogens with zero attached hydrogens (tertiary/aromatic N) is 5. The Labute approximate surface area is 187 Å². The standard InChI is InChI=1S/C22H20N6O5/c1-13-4-8-15(9-5-13)28-22(31)27(2)21(30)17(25-28)18-24-20(33-26-18)19(29)23-12-14-6-10-16(32-3)11-7-14/h4-11H,12H2,1-3H3,(H,23,29). The molecule has 0 spiro atoms. The van der Waals surface area contributed by atoms with E-state index >= 15 is 0 Å². The second kappa shape index (κ2) is 8.91. The van der Waals surface area contributed by atoms with Crippen LogP contribution in [-0.4, -0.2) is 37.5 Å². The average molecular weight is 448 g/mol. The average Bonchev–Trinajstić information content (AvgIpc) is 3.32. The Bertz CT molecular complexity index is 1420. The van der Waals surface area contributed by atoms with Gasteiger partial charge in [-0.15, -0.1) is 0 Å². The van der Waals surface area contributed by atoms with Crippen molar-refractivity contribution in [3.63, 3.8) is 0 Å². The van der Waals surface area contributed by atoms with Crippen LogP contribution in [0.5, 0.6) is 5.75 Å². The highest BCUT2D eigenvalue weighted by Crippen LogP contribution is 2.12. The van der Waals surface area contributed by atoms with Crippen LogP contribution < -0.4 is 21.3 Å². The van der Waals surface area contributed by atoms with E-state index in [2.05, 4.69) is 20.6 Å². The van der Waals surface area contributed by atoms with Crippen LogP contribution in [0.4, 0.5) is 0 Å². The summed E-state index contributed by atoms with van der Waals surface area (Å²) in [6.07, 6.45) is 0. The van der Waals surface area contributed by atoms with Gasteiger partial charge in [0.1, 0.15) is 5.75 Å². The summed E-state index contributed by atoms with van der Waals surface area (Å²) in [7, 11) is 2.89. The molecule has 4 rings (SSSR count). The zero-order chi connectivity index (χ0) is 23.5. The van der Waals surface area contributed by atoms with Crippen LogP contribution >= 0.6 is 0 Å². The van der Waals surface area contributed by atoms with Gasteiger partial charge in [0.15, 0.2) is 5.69 Å². The number of carbonyl (C=O) groups is 1. The van der Waals surface area contributed by atoms with Crippen LogP contribution in [0.25, 0.3) is 17.2 Å². The zero-order valence-electron chi connectivity index (χ0n) is 18.1. The molecule has 2 aromatic carbocycles. The molecular weight excluding hydrogens is 428 g/mol. The minimum Gasteiger partial charge on any atom is -0.497 e. The first-order valence-corrected chi connectivity index (χ1v) is 9.90. The Morgan fingerprint density at radius 3 is 2.45 bits per heavy atom. The molecule has 168 valence electrons. The van der Waals surface area contributed by atoms with E-state index in [1.54, 1.807) is 43.5 Å². The first kappa shape index (κ1) is 21.7. The van der Waals surface area contributed by atoms with Crippen LogP contribution in [0.3, 0.4) is 0 Å². The third-order valence-corrected chi connectivity index (χ3v) is 4.90. The number of aryl methyl sites for hydroxylation is 1. The summed E-state index contributed by atoms with van der Waals surface area (Å²) in [5, 5.41) is 10.5. The predicted octanol–water partition coefficient (Wildman–Crippen LogP) is 1.23. The summed E-state index contributed by atoms with van der Waals surface area (Å²) in [6.45, 7) is 2.13. The molecule has 2 heterocycles. The monoisotopic (exact) mass is 448 g/mol. The van der Waals surface area contributed by atoms with Gasteiger partial charge in [0.05, 0.1) is 12.8 Å². The minimum absolute atomic E-state index is 0.203. The Balaban J connectivity index is 1.59. The summed E-state index contributed by atoms with van der Waals surface area (Å²) in [4.78, 5) is 41.6. The first-order valence-electron chi connectivity index (χ1n) is 9.90. The number of amides is 1. The molecule has 0 atom stereocenters. The fourth-order valence-electron chi connectivity index (χ4n) is 2.98. The molecule has 0 fully saturated rings. The molecule has 0 aliphatic heterocycles. The lowest BCUT2D eigenvalue weighted by atomic mass is 10.2. The largest absolute Gasteiger partial charge is 0.497 e. The van der Waals surface area contributed by atoms with E-state index in [4.69, 9.17) is 9.26 Å². The highest BCUT2D eigenvalue weighted by molar-refractivity contribution is 5.89. The molecule has 0 bridgehead atoms. The van der Waals surface area contributed by atoms with Gasteiger partial charge < -0.3 is 14.6 Å². The number of hydrogen-bond acceptors (Lipinski definition) is 8. The van der Waals surface area contributed by atoms with E-state index < -0.39 is 17.2 Å². The highest BCUT2D eigenvalue weighted by Gasteiger charge is 2.21. The lowest BCUT2D eigenvalue weighted by Crippen LogP contribution is -2.40. The Kier molecular flexibility index (Phi) is 5.85. The molecule has 2 aromatic heterocycles. The normalized spacial score (nSPS) is 10.8. The quantitative estimate of drug-likeness (QED) is 0.465. The first-order chi connectivity index (χ1) is 15.9. The molecule has 33 heavy (non-hydrogen) atoms. The SMILES string of the molecule is COc1ccc(CNC(=O)c2nc(-c3nn(-c4ccc(C)cc4)c(=O)n(C)c3=O)no2)cc1. The number of rotatable bonds is 6. The molecular formula is C22H20N6O5. The molecule has 11 nitrogen and oxygen atoms in total. The summed E-state index contributed by atoms with van der Waals surface area (Å²) < 4.78 is 12.1. The van der Waals surface area contributed by atoms with Crippen molar-refractivity contribution < 1.29 is 14.1 Å². The van der Waals surface area contributed by atoms with Crippen molar-refractivity contribution in [2.24, 2.45) is 7.05 Å². The van der Waals surface area contributed by atoms with Gasteiger partial charge in [-0.25, -0.2) is 4.79 Å². The Morgan fingerprint density at radius 1 is 1.09 bits per heavy atom. The van der Waals surface area contributed by atoms with Crippen molar-refractivity contribution in [2.45, 2.75) is 13.5 Å². The molecule has 0 aliphatic carbocycles. The maximum Gasteiger partial charge on any atom is 0.351 e. The van der Waals surface area contributed by atoms with Crippen molar-refractivity contribution in [2.75, 3.05) is 7.11 Å². The second-order valence-corrected chi connectivity index (χ2v) is 7.20. The van der Waals surface area contributed by atoms with Gasteiger partial charge in [-0.1, -0.05) is 35.0 Å². The van der Waals surface area contributed by atoms with Crippen LogP contribution in [0.15, 0.2) is 62.6 Å². The maximum absolute atomic E-state index is 12.6. The van der Waals surface area contributed by atoms with Crippen LogP contribution in [0.2, 0.25) is 0 Å². The molecule has 11 heteroatoms. The van der Waals surface area contributed by atoms with Gasteiger partial charge in [0.2, 0.25) is 5.82 Å². The number of aromatic nitrogens is 5. The summed E-state index contributed by atoms with van der Waals surface area (Å²) in [6, 6.07) is 14.2. The van der Waals surface area contributed by atoms with E-state index in [9.17, 15) is 14.4 Å². The zero-order valence-corrected chi connectivity index (χ0v) is 18.1. The van der Waals surface area contributed by atoms with E-state index in [1.807, 2.05) is 19.1 Å². The van der Waals surface area contributed by atoms with Crippen molar-refractivity contribution in [1.29, 1.82) is 0 Å². The van der Waals surface area contributed by atoms with Crippen LogP contribution in [-0.2, 0) is 13.6 Å². The minimum atomic E-state index is -0.714. The van der Waals surface area contributed by atoms with Crippen molar-refractivity contribution in [1.82, 2.24) is 29.8 Å². The van der Waals surface area contributed by atoms with Crippen molar-refractivity contribution in [3.8, 4) is 23.0 Å². The number of methoxy groups -OCH3 is 1. The fraction of sp³-hybridized carbons (Fsp3) is 0.182. The van der Waals surface area contributed by atoms with E-state index in [0.717, 1.165) is 20.4 Å². The van der Waals surface area contributed by atoms with Crippen molar-refractivity contribution >= 4 is 5.91 Å². The third-order valence-electron chi connectivity index (χ3n) is 4.90. The van der Waals surface area contributed by atoms with Crippen molar-refractivity contribution in [3.05, 3.63) is 86.4 Å². The third kappa shape index (κ3) is 4.42. The summed E-state index contributed by atoms with van der Waals surface area (Å²) in [5.74, 6) is -0.456.